The van der Waals surface area contributed by atoms with E-state index in [1.54, 1.807) is 24.3 Å². The Labute approximate surface area is 128 Å². The van der Waals surface area contributed by atoms with Crippen LogP contribution in [0.1, 0.15) is 24.2 Å². The van der Waals surface area contributed by atoms with Gasteiger partial charge in [0.15, 0.2) is 11.6 Å². The van der Waals surface area contributed by atoms with Crippen LogP contribution < -0.4 is 16.8 Å². The second-order valence-electron chi connectivity index (χ2n) is 5.22. The fraction of sp³-hybridized carbons (Fsp3) is 0.267. The maximum absolute atomic E-state index is 11.8. The Balaban J connectivity index is 2.06. The molecule has 0 fully saturated rings. The van der Waals surface area contributed by atoms with E-state index in [1.807, 2.05) is 13.8 Å². The summed E-state index contributed by atoms with van der Waals surface area (Å²) in [6, 6.07) is 6.82. The maximum Gasteiger partial charge on any atom is 0.338 e. The molecule has 0 aliphatic heterocycles. The van der Waals surface area contributed by atoms with Gasteiger partial charge in [-0.2, -0.15) is 0 Å². The SMILES string of the molecule is CC(C)COC(=O)c1ccc(Nc2ncnc(N)c2N)cc1. The summed E-state index contributed by atoms with van der Waals surface area (Å²) in [5, 5.41) is 3.02. The standard InChI is InChI=1S/C15H19N5O2/c1-9(2)7-22-15(21)10-3-5-11(6-4-10)20-14-12(16)13(17)18-8-19-14/h3-6,8-9H,7,16H2,1-2H3,(H3,17,18,19,20). The molecule has 0 saturated heterocycles. The molecule has 0 bridgehead atoms. The van der Waals surface area contributed by atoms with Crippen molar-refractivity contribution in [2.75, 3.05) is 23.4 Å². The van der Waals surface area contributed by atoms with Crippen molar-refractivity contribution in [3.05, 3.63) is 36.2 Å². The Morgan fingerprint density at radius 3 is 2.55 bits per heavy atom. The largest absolute Gasteiger partial charge is 0.462 e. The Morgan fingerprint density at radius 2 is 1.91 bits per heavy atom. The second-order valence-corrected chi connectivity index (χ2v) is 5.22. The van der Waals surface area contributed by atoms with Gasteiger partial charge in [-0.25, -0.2) is 14.8 Å². The third-order valence-corrected chi connectivity index (χ3v) is 2.85. The van der Waals surface area contributed by atoms with Crippen LogP contribution in [-0.2, 0) is 4.74 Å². The fourth-order valence-corrected chi connectivity index (χ4v) is 1.66. The van der Waals surface area contributed by atoms with Crippen molar-refractivity contribution >= 4 is 29.0 Å². The number of nitrogen functional groups attached to an aromatic ring is 2. The lowest BCUT2D eigenvalue weighted by molar-refractivity contribution is 0.0459. The highest BCUT2D eigenvalue weighted by Gasteiger charge is 2.09. The molecule has 0 aliphatic rings. The molecule has 2 rings (SSSR count). The smallest absolute Gasteiger partial charge is 0.338 e. The number of rotatable bonds is 5. The minimum absolute atomic E-state index is 0.214. The van der Waals surface area contributed by atoms with E-state index in [0.717, 1.165) is 5.69 Å². The summed E-state index contributed by atoms with van der Waals surface area (Å²) >= 11 is 0. The Kier molecular flexibility index (Phi) is 4.77. The van der Waals surface area contributed by atoms with Crippen LogP contribution in [0, 0.1) is 5.92 Å². The van der Waals surface area contributed by atoms with E-state index < -0.39 is 0 Å². The first kappa shape index (κ1) is 15.6. The molecule has 0 spiro atoms. The first-order chi connectivity index (χ1) is 10.5. The zero-order chi connectivity index (χ0) is 16.1. The van der Waals surface area contributed by atoms with Crippen LogP contribution in [0.15, 0.2) is 30.6 Å². The van der Waals surface area contributed by atoms with Crippen molar-refractivity contribution in [2.45, 2.75) is 13.8 Å². The van der Waals surface area contributed by atoms with Gasteiger partial charge in [-0.3, -0.25) is 0 Å². The average Bonchev–Trinajstić information content (AvgIpc) is 2.50. The van der Waals surface area contributed by atoms with Crippen molar-refractivity contribution < 1.29 is 9.53 Å². The van der Waals surface area contributed by atoms with E-state index in [-0.39, 0.29) is 17.5 Å². The van der Waals surface area contributed by atoms with Crippen LogP contribution in [0.25, 0.3) is 0 Å². The molecule has 1 aromatic heterocycles. The van der Waals surface area contributed by atoms with Crippen molar-refractivity contribution in [3.8, 4) is 0 Å². The second kappa shape index (κ2) is 6.75. The average molecular weight is 301 g/mol. The molecule has 0 amide bonds. The van der Waals surface area contributed by atoms with Crippen molar-refractivity contribution in [1.82, 2.24) is 9.97 Å². The number of nitrogens with two attached hydrogens (primary N) is 2. The van der Waals surface area contributed by atoms with Gasteiger partial charge >= 0.3 is 5.97 Å². The van der Waals surface area contributed by atoms with Gasteiger partial charge in [-0.1, -0.05) is 13.8 Å². The first-order valence-electron chi connectivity index (χ1n) is 6.87. The highest BCUT2D eigenvalue weighted by Crippen LogP contribution is 2.23. The number of carbonyl (C=O) groups excluding carboxylic acids is 1. The number of aromatic nitrogens is 2. The molecule has 0 unspecified atom stereocenters. The molecule has 1 heterocycles. The number of anilines is 4. The Morgan fingerprint density at radius 1 is 1.23 bits per heavy atom. The molecule has 0 aliphatic carbocycles. The summed E-state index contributed by atoms with van der Waals surface area (Å²) in [5.74, 6) is 0.594. The number of nitrogens with one attached hydrogen (secondary N) is 1. The summed E-state index contributed by atoms with van der Waals surface area (Å²) in [6.45, 7) is 4.37. The molecule has 0 saturated carbocycles. The molecule has 22 heavy (non-hydrogen) atoms. The van der Waals surface area contributed by atoms with Gasteiger partial charge in [0, 0.05) is 5.69 Å². The fourth-order valence-electron chi connectivity index (χ4n) is 1.66. The van der Waals surface area contributed by atoms with Gasteiger partial charge in [0.1, 0.15) is 12.0 Å². The summed E-state index contributed by atoms with van der Waals surface area (Å²) in [6.07, 6.45) is 1.33. The minimum Gasteiger partial charge on any atom is -0.462 e. The zero-order valence-corrected chi connectivity index (χ0v) is 12.5. The van der Waals surface area contributed by atoms with E-state index in [0.29, 0.717) is 23.9 Å². The monoisotopic (exact) mass is 301 g/mol. The molecule has 7 heteroatoms. The van der Waals surface area contributed by atoms with E-state index in [4.69, 9.17) is 16.2 Å². The number of hydrogen-bond acceptors (Lipinski definition) is 7. The van der Waals surface area contributed by atoms with E-state index >= 15 is 0 Å². The molecule has 7 nitrogen and oxygen atoms in total. The summed E-state index contributed by atoms with van der Waals surface area (Å²) < 4.78 is 5.17. The third kappa shape index (κ3) is 3.85. The van der Waals surface area contributed by atoms with Gasteiger partial charge in [0.25, 0.3) is 0 Å². The molecular formula is C15H19N5O2. The quantitative estimate of drug-likeness (QED) is 0.725. The van der Waals surface area contributed by atoms with E-state index in [1.165, 1.54) is 6.33 Å². The van der Waals surface area contributed by atoms with Gasteiger partial charge in [-0.05, 0) is 30.2 Å². The maximum atomic E-state index is 11.8. The lowest BCUT2D eigenvalue weighted by Crippen LogP contribution is -2.10. The highest BCUT2D eigenvalue weighted by atomic mass is 16.5. The molecular weight excluding hydrogens is 282 g/mol. The third-order valence-electron chi connectivity index (χ3n) is 2.85. The van der Waals surface area contributed by atoms with Gasteiger partial charge < -0.3 is 21.5 Å². The number of carbonyl (C=O) groups is 1. The van der Waals surface area contributed by atoms with Crippen LogP contribution in [0.3, 0.4) is 0 Å². The lowest BCUT2D eigenvalue weighted by Gasteiger charge is -2.10. The Hall–Kier alpha value is -2.83. The van der Waals surface area contributed by atoms with E-state index in [2.05, 4.69) is 15.3 Å². The van der Waals surface area contributed by atoms with Gasteiger partial charge in [-0.15, -0.1) is 0 Å². The molecule has 1 aromatic carbocycles. The predicted octanol–water partition coefficient (Wildman–Crippen LogP) is 2.20. The lowest BCUT2D eigenvalue weighted by atomic mass is 10.2. The number of ether oxygens (including phenoxy) is 1. The van der Waals surface area contributed by atoms with Gasteiger partial charge in [0.2, 0.25) is 0 Å². The number of nitrogens with zero attached hydrogens (tertiary/aromatic N) is 2. The Bertz CT molecular complexity index is 655. The molecule has 116 valence electrons. The molecule has 0 radical (unpaired) electrons. The zero-order valence-electron chi connectivity index (χ0n) is 12.5. The first-order valence-corrected chi connectivity index (χ1v) is 6.87. The number of hydrogen-bond donors (Lipinski definition) is 3. The number of esters is 1. The van der Waals surface area contributed by atoms with Crippen LogP contribution in [0.4, 0.5) is 23.0 Å². The van der Waals surface area contributed by atoms with Gasteiger partial charge in [0.05, 0.1) is 12.2 Å². The van der Waals surface area contributed by atoms with Crippen LogP contribution in [0.5, 0.6) is 0 Å². The summed E-state index contributed by atoms with van der Waals surface area (Å²) in [4.78, 5) is 19.6. The predicted molar refractivity (Wildman–Crippen MR) is 85.7 cm³/mol. The van der Waals surface area contributed by atoms with Crippen LogP contribution in [-0.4, -0.2) is 22.5 Å². The van der Waals surface area contributed by atoms with Crippen molar-refractivity contribution in [3.63, 3.8) is 0 Å². The summed E-state index contributed by atoms with van der Waals surface area (Å²) in [7, 11) is 0. The summed E-state index contributed by atoms with van der Waals surface area (Å²) in [5.41, 5.74) is 12.9. The van der Waals surface area contributed by atoms with Crippen LogP contribution in [0.2, 0.25) is 0 Å². The molecule has 5 N–H and O–H groups in total. The van der Waals surface area contributed by atoms with E-state index in [9.17, 15) is 4.79 Å². The molecule has 2 aromatic rings. The normalized spacial score (nSPS) is 10.5. The van der Waals surface area contributed by atoms with Crippen molar-refractivity contribution in [2.24, 2.45) is 5.92 Å². The minimum atomic E-state index is -0.342. The topological polar surface area (TPSA) is 116 Å². The van der Waals surface area contributed by atoms with Crippen LogP contribution >= 0.6 is 0 Å². The van der Waals surface area contributed by atoms with Crippen molar-refractivity contribution in [1.29, 1.82) is 0 Å². The highest BCUT2D eigenvalue weighted by molar-refractivity contribution is 5.90. The molecule has 0 atom stereocenters. The number of benzene rings is 1.